The van der Waals surface area contributed by atoms with Crippen molar-refractivity contribution in [3.05, 3.63) is 60.7 Å². The normalized spacial score (nSPS) is 13.1. The topological polar surface area (TPSA) is 0 Å². The summed E-state index contributed by atoms with van der Waals surface area (Å²) in [5.41, 5.74) is 0. The highest BCUT2D eigenvalue weighted by Crippen LogP contribution is 2.58. The Balaban J connectivity index is 2.23. The van der Waals surface area contributed by atoms with Crippen LogP contribution in [0.5, 0.6) is 0 Å². The van der Waals surface area contributed by atoms with Gasteiger partial charge in [0.15, 0.2) is 0 Å². The average molecular weight is 368 g/mol. The predicted molar refractivity (Wildman–Crippen MR) is 79.4 cm³/mol. The molecule has 0 aliphatic heterocycles. The average Bonchev–Trinajstić information content (AvgIpc) is 2.48. The third-order valence-corrected chi connectivity index (χ3v) is 4.75. The van der Waals surface area contributed by atoms with Crippen LogP contribution in [0.25, 0.3) is 0 Å². The zero-order valence-corrected chi connectivity index (χ0v) is 13.0. The number of hydrogen-bond donors (Lipinski definition) is 0. The lowest BCUT2D eigenvalue weighted by Crippen LogP contribution is -2.50. The van der Waals surface area contributed by atoms with Crippen molar-refractivity contribution in [3.63, 3.8) is 0 Å². The highest BCUT2D eigenvalue weighted by Gasteiger charge is 2.72. The predicted octanol–water partition coefficient (Wildman–Crippen LogP) is 6.39. The Morgan fingerprint density at radius 2 is 0.826 bits per heavy atom. The van der Waals surface area contributed by atoms with Crippen molar-refractivity contribution in [2.45, 2.75) is 26.2 Å². The first-order chi connectivity index (χ1) is 10.7. The van der Waals surface area contributed by atoms with Gasteiger partial charge in [-0.3, -0.25) is 0 Å². The quantitative estimate of drug-likeness (QED) is 0.428. The van der Waals surface area contributed by atoms with Gasteiger partial charge in [-0.15, -0.1) is 0 Å². The molecule has 0 aliphatic carbocycles. The van der Waals surface area contributed by atoms with Crippen LogP contribution >= 0.6 is 23.5 Å². The van der Waals surface area contributed by atoms with Gasteiger partial charge in [-0.25, -0.2) is 0 Å². The van der Waals surface area contributed by atoms with Crippen molar-refractivity contribution in [1.82, 2.24) is 0 Å². The van der Waals surface area contributed by atoms with Crippen LogP contribution in [-0.2, 0) is 0 Å². The lowest BCUT2D eigenvalue weighted by molar-refractivity contribution is -0.237. The maximum atomic E-state index is 13.8. The van der Waals surface area contributed by atoms with Gasteiger partial charge < -0.3 is 0 Å². The standard InChI is InChI=1S/C15H10F6S2/c16-13(17,14(18,19)22-11-7-3-1-4-8-11)15(20,21)23-12-9-5-2-6-10-12/h1-10H. The lowest BCUT2D eigenvalue weighted by Gasteiger charge is -2.31. The lowest BCUT2D eigenvalue weighted by atomic mass is 10.3. The zero-order valence-electron chi connectivity index (χ0n) is 11.4. The molecule has 23 heavy (non-hydrogen) atoms. The second-order valence-electron chi connectivity index (χ2n) is 4.44. The molecule has 2 rings (SSSR count). The molecule has 0 atom stereocenters. The summed E-state index contributed by atoms with van der Waals surface area (Å²) in [5, 5.41) is -9.95. The fourth-order valence-corrected chi connectivity index (χ4v) is 3.33. The molecule has 0 saturated heterocycles. The van der Waals surface area contributed by atoms with E-state index in [-0.39, 0.29) is 9.79 Å². The molecule has 124 valence electrons. The van der Waals surface area contributed by atoms with Crippen LogP contribution in [-0.4, -0.2) is 16.4 Å². The third-order valence-electron chi connectivity index (χ3n) is 2.71. The first-order valence-electron chi connectivity index (χ1n) is 6.27. The van der Waals surface area contributed by atoms with E-state index in [0.29, 0.717) is 0 Å². The highest BCUT2D eigenvalue weighted by atomic mass is 32.2. The Bertz CT molecular complexity index is 575. The molecule has 0 unspecified atom stereocenters. The summed E-state index contributed by atoms with van der Waals surface area (Å²) in [6, 6.07) is 13.0. The molecule has 0 radical (unpaired) electrons. The van der Waals surface area contributed by atoms with E-state index in [4.69, 9.17) is 0 Å². The Kier molecular flexibility index (Phi) is 5.25. The van der Waals surface area contributed by atoms with E-state index in [1.54, 1.807) is 0 Å². The molecule has 0 fully saturated rings. The van der Waals surface area contributed by atoms with Gasteiger partial charge in [-0.05, 0) is 47.8 Å². The fraction of sp³-hybridized carbons (Fsp3) is 0.200. The highest BCUT2D eigenvalue weighted by molar-refractivity contribution is 8.01. The minimum absolute atomic E-state index is 0.224. The first-order valence-corrected chi connectivity index (χ1v) is 7.90. The van der Waals surface area contributed by atoms with Gasteiger partial charge in [0.25, 0.3) is 0 Å². The number of benzene rings is 2. The fourth-order valence-electron chi connectivity index (χ4n) is 1.57. The second-order valence-corrected chi connectivity index (χ2v) is 6.81. The number of hydrogen-bond acceptors (Lipinski definition) is 2. The van der Waals surface area contributed by atoms with Gasteiger partial charge in [0.2, 0.25) is 0 Å². The van der Waals surface area contributed by atoms with Crippen LogP contribution in [0.1, 0.15) is 0 Å². The van der Waals surface area contributed by atoms with E-state index >= 15 is 0 Å². The molecule has 0 aromatic heterocycles. The van der Waals surface area contributed by atoms with Gasteiger partial charge in [-0.1, -0.05) is 36.4 Å². The molecule has 0 heterocycles. The largest absolute Gasteiger partial charge is 0.392 e. The summed E-state index contributed by atoms with van der Waals surface area (Å²) in [5.74, 6) is -5.54. The van der Waals surface area contributed by atoms with E-state index in [2.05, 4.69) is 0 Å². The molecule has 0 N–H and O–H groups in total. The summed E-state index contributed by atoms with van der Waals surface area (Å²) in [6.07, 6.45) is 0. The number of alkyl halides is 6. The van der Waals surface area contributed by atoms with Crippen molar-refractivity contribution in [3.8, 4) is 0 Å². The molecule has 2 aromatic carbocycles. The Morgan fingerprint density at radius 1 is 0.522 bits per heavy atom. The van der Waals surface area contributed by atoms with Crippen LogP contribution in [0, 0.1) is 0 Å². The van der Waals surface area contributed by atoms with Gasteiger partial charge in [-0.2, -0.15) is 26.3 Å². The Hall–Kier alpha value is -1.28. The van der Waals surface area contributed by atoms with E-state index in [1.165, 1.54) is 36.4 Å². The van der Waals surface area contributed by atoms with E-state index in [0.717, 1.165) is 24.3 Å². The Morgan fingerprint density at radius 3 is 1.13 bits per heavy atom. The van der Waals surface area contributed by atoms with Gasteiger partial charge in [0.1, 0.15) is 0 Å². The van der Waals surface area contributed by atoms with Crippen molar-refractivity contribution >= 4 is 23.5 Å². The smallest absolute Gasteiger partial charge is 0.191 e. The molecule has 0 spiro atoms. The minimum Gasteiger partial charge on any atom is -0.191 e. The summed E-state index contributed by atoms with van der Waals surface area (Å²) in [6.45, 7) is 0. The SMILES string of the molecule is FC(F)(Sc1ccccc1)C(F)(F)C(F)(F)Sc1ccccc1. The maximum Gasteiger partial charge on any atom is 0.392 e. The van der Waals surface area contributed by atoms with Gasteiger partial charge in [0.05, 0.1) is 0 Å². The Labute approximate surface area is 137 Å². The molecular weight excluding hydrogens is 358 g/mol. The summed E-state index contributed by atoms with van der Waals surface area (Å²) >= 11 is -1.17. The van der Waals surface area contributed by atoms with Crippen LogP contribution in [0.3, 0.4) is 0 Å². The van der Waals surface area contributed by atoms with E-state index in [9.17, 15) is 26.3 Å². The zero-order chi connectivity index (χ0) is 17.1. The second kappa shape index (κ2) is 6.68. The third kappa shape index (κ3) is 3.98. The molecule has 8 heteroatoms. The number of thioether (sulfide) groups is 2. The minimum atomic E-state index is -5.54. The summed E-state index contributed by atoms with van der Waals surface area (Å²) in [4.78, 5) is -0.449. The van der Waals surface area contributed by atoms with Gasteiger partial charge in [0, 0.05) is 9.79 Å². The van der Waals surface area contributed by atoms with Crippen molar-refractivity contribution in [2.75, 3.05) is 0 Å². The number of rotatable bonds is 6. The molecule has 0 bridgehead atoms. The molecule has 0 saturated carbocycles. The van der Waals surface area contributed by atoms with Crippen LogP contribution in [0.4, 0.5) is 26.3 Å². The van der Waals surface area contributed by atoms with Crippen molar-refractivity contribution in [1.29, 1.82) is 0 Å². The van der Waals surface area contributed by atoms with Crippen molar-refractivity contribution in [2.24, 2.45) is 0 Å². The molecule has 0 amide bonds. The monoisotopic (exact) mass is 368 g/mol. The van der Waals surface area contributed by atoms with Crippen LogP contribution in [0.15, 0.2) is 70.5 Å². The van der Waals surface area contributed by atoms with Gasteiger partial charge >= 0.3 is 16.4 Å². The molecule has 0 nitrogen and oxygen atoms in total. The van der Waals surface area contributed by atoms with Crippen molar-refractivity contribution < 1.29 is 26.3 Å². The first kappa shape index (κ1) is 18.1. The molecule has 2 aromatic rings. The molecular formula is C15H10F6S2. The van der Waals surface area contributed by atoms with E-state index in [1.807, 2.05) is 0 Å². The molecule has 0 aliphatic rings. The summed E-state index contributed by atoms with van der Waals surface area (Å²) < 4.78 is 82.8. The summed E-state index contributed by atoms with van der Waals surface area (Å²) in [7, 11) is 0. The maximum absolute atomic E-state index is 13.8. The van der Waals surface area contributed by atoms with Crippen LogP contribution in [0.2, 0.25) is 0 Å². The van der Waals surface area contributed by atoms with E-state index < -0.39 is 40.0 Å². The van der Waals surface area contributed by atoms with Crippen LogP contribution < -0.4 is 0 Å². The number of halogens is 6.